The fraction of sp³-hybridized carbons (Fsp3) is 0.0714. The number of benzene rings is 1. The van der Waals surface area contributed by atoms with Crippen LogP contribution in [-0.4, -0.2) is 18.0 Å². The number of ether oxygens (including phenoxy) is 1. The van der Waals surface area contributed by atoms with Crippen LogP contribution in [0.1, 0.15) is 15.9 Å². The number of nitriles is 1. The molecule has 0 radical (unpaired) electrons. The zero-order chi connectivity index (χ0) is 13.7. The van der Waals surface area contributed by atoms with Gasteiger partial charge < -0.3 is 10.1 Å². The summed E-state index contributed by atoms with van der Waals surface area (Å²) in [5.74, 6) is 0.404. The molecule has 0 saturated heterocycles. The lowest BCUT2D eigenvalue weighted by atomic mass is 10.2. The summed E-state index contributed by atoms with van der Waals surface area (Å²) in [6, 6.07) is 10.4. The number of pyridine rings is 1. The van der Waals surface area contributed by atoms with Gasteiger partial charge in [-0.1, -0.05) is 0 Å². The van der Waals surface area contributed by atoms with E-state index in [-0.39, 0.29) is 5.91 Å². The molecule has 2 aromatic rings. The number of methoxy groups -OCH3 is 1. The second-order valence-corrected chi connectivity index (χ2v) is 3.76. The number of carbonyl (C=O) groups is 1. The highest BCUT2D eigenvalue weighted by Gasteiger charge is 2.07. The van der Waals surface area contributed by atoms with E-state index in [1.165, 1.54) is 18.5 Å². The third-order valence-electron chi connectivity index (χ3n) is 2.48. The topological polar surface area (TPSA) is 75.0 Å². The molecule has 0 aliphatic rings. The minimum atomic E-state index is -0.310. The monoisotopic (exact) mass is 253 g/mol. The standard InChI is InChI=1S/C14H11N3O2/c1-19-13-4-2-12(3-5-13)17-14(18)11-6-10(7-15)8-16-9-11/h2-6,8-9H,1H3,(H,17,18). The number of anilines is 1. The molecule has 0 bridgehead atoms. The van der Waals surface area contributed by atoms with Crippen LogP contribution in [0.2, 0.25) is 0 Å². The number of nitrogens with one attached hydrogen (secondary N) is 1. The SMILES string of the molecule is COc1ccc(NC(=O)c2cncc(C#N)c2)cc1. The molecule has 1 N–H and O–H groups in total. The van der Waals surface area contributed by atoms with Crippen LogP contribution >= 0.6 is 0 Å². The summed E-state index contributed by atoms with van der Waals surface area (Å²) in [4.78, 5) is 15.8. The third-order valence-corrected chi connectivity index (χ3v) is 2.48. The minimum absolute atomic E-state index is 0.310. The number of hydrogen-bond acceptors (Lipinski definition) is 4. The second-order valence-electron chi connectivity index (χ2n) is 3.76. The van der Waals surface area contributed by atoms with Crippen LogP contribution < -0.4 is 10.1 Å². The van der Waals surface area contributed by atoms with Crippen LogP contribution in [0.4, 0.5) is 5.69 Å². The fourth-order valence-corrected chi connectivity index (χ4v) is 1.50. The Morgan fingerprint density at radius 1 is 1.32 bits per heavy atom. The summed E-state index contributed by atoms with van der Waals surface area (Å²) >= 11 is 0. The van der Waals surface area contributed by atoms with Crippen LogP contribution in [0.5, 0.6) is 5.75 Å². The Hall–Kier alpha value is -2.87. The predicted molar refractivity (Wildman–Crippen MR) is 69.9 cm³/mol. The van der Waals surface area contributed by atoms with Crippen molar-refractivity contribution in [2.24, 2.45) is 0 Å². The Morgan fingerprint density at radius 3 is 2.68 bits per heavy atom. The van der Waals surface area contributed by atoms with Crippen molar-refractivity contribution in [3.63, 3.8) is 0 Å². The van der Waals surface area contributed by atoms with Crippen molar-refractivity contribution >= 4 is 11.6 Å². The minimum Gasteiger partial charge on any atom is -0.497 e. The van der Waals surface area contributed by atoms with Crippen molar-refractivity contribution in [3.8, 4) is 11.8 Å². The van der Waals surface area contributed by atoms with Gasteiger partial charge in [-0.25, -0.2) is 0 Å². The van der Waals surface area contributed by atoms with E-state index in [0.29, 0.717) is 22.6 Å². The first-order chi connectivity index (χ1) is 9.22. The first kappa shape index (κ1) is 12.6. The Bertz CT molecular complexity index is 630. The first-order valence-corrected chi connectivity index (χ1v) is 5.53. The predicted octanol–water partition coefficient (Wildman–Crippen LogP) is 2.21. The summed E-state index contributed by atoms with van der Waals surface area (Å²) in [5, 5.41) is 11.5. The quantitative estimate of drug-likeness (QED) is 0.910. The Kier molecular flexibility index (Phi) is 3.74. The summed E-state index contributed by atoms with van der Waals surface area (Å²) in [5.41, 5.74) is 1.34. The van der Waals surface area contributed by atoms with Crippen molar-refractivity contribution in [3.05, 3.63) is 53.9 Å². The number of amides is 1. The maximum atomic E-state index is 11.9. The lowest BCUT2D eigenvalue weighted by Crippen LogP contribution is -2.12. The van der Waals surface area contributed by atoms with E-state index in [0.717, 1.165) is 0 Å². The van der Waals surface area contributed by atoms with Gasteiger partial charge in [-0.05, 0) is 30.3 Å². The summed E-state index contributed by atoms with van der Waals surface area (Å²) < 4.78 is 5.03. The van der Waals surface area contributed by atoms with E-state index in [4.69, 9.17) is 10.00 Å². The molecular weight excluding hydrogens is 242 g/mol. The summed E-state index contributed by atoms with van der Waals surface area (Å²) in [6.45, 7) is 0. The lowest BCUT2D eigenvalue weighted by Gasteiger charge is -2.06. The molecule has 0 aliphatic carbocycles. The highest BCUT2D eigenvalue weighted by atomic mass is 16.5. The van der Waals surface area contributed by atoms with Crippen LogP contribution in [0.25, 0.3) is 0 Å². The number of aromatic nitrogens is 1. The molecule has 1 heterocycles. The molecule has 1 aromatic carbocycles. The van der Waals surface area contributed by atoms with E-state index >= 15 is 0 Å². The molecule has 19 heavy (non-hydrogen) atoms. The highest BCUT2D eigenvalue weighted by molar-refractivity contribution is 6.04. The number of carbonyl (C=O) groups excluding carboxylic acids is 1. The number of rotatable bonds is 3. The molecule has 0 fully saturated rings. The average Bonchev–Trinajstić information content (AvgIpc) is 2.48. The van der Waals surface area contributed by atoms with Crippen molar-refractivity contribution in [2.45, 2.75) is 0 Å². The normalized spacial score (nSPS) is 9.47. The van der Waals surface area contributed by atoms with Gasteiger partial charge in [0.15, 0.2) is 0 Å². The molecule has 2 rings (SSSR count). The van der Waals surface area contributed by atoms with Gasteiger partial charge in [-0.2, -0.15) is 5.26 Å². The van der Waals surface area contributed by atoms with Crippen LogP contribution in [0, 0.1) is 11.3 Å². The van der Waals surface area contributed by atoms with Gasteiger partial charge >= 0.3 is 0 Å². The molecular formula is C14H11N3O2. The lowest BCUT2D eigenvalue weighted by molar-refractivity contribution is 0.102. The molecule has 0 atom stereocenters. The van der Waals surface area contributed by atoms with E-state index in [1.807, 2.05) is 6.07 Å². The van der Waals surface area contributed by atoms with E-state index < -0.39 is 0 Å². The molecule has 5 nitrogen and oxygen atoms in total. The van der Waals surface area contributed by atoms with Crippen molar-refractivity contribution in [1.29, 1.82) is 5.26 Å². The van der Waals surface area contributed by atoms with Crippen LogP contribution in [0.3, 0.4) is 0 Å². The Morgan fingerprint density at radius 2 is 2.05 bits per heavy atom. The maximum absolute atomic E-state index is 11.9. The largest absolute Gasteiger partial charge is 0.497 e. The summed E-state index contributed by atoms with van der Waals surface area (Å²) in [7, 11) is 1.58. The smallest absolute Gasteiger partial charge is 0.257 e. The molecule has 1 aromatic heterocycles. The van der Waals surface area contributed by atoms with Gasteiger partial charge in [0.1, 0.15) is 11.8 Å². The van der Waals surface area contributed by atoms with Gasteiger partial charge in [0.2, 0.25) is 0 Å². The van der Waals surface area contributed by atoms with Gasteiger partial charge in [0.05, 0.1) is 18.2 Å². The first-order valence-electron chi connectivity index (χ1n) is 5.53. The van der Waals surface area contributed by atoms with Crippen molar-refractivity contribution < 1.29 is 9.53 Å². The van der Waals surface area contributed by atoms with Crippen molar-refractivity contribution in [2.75, 3.05) is 12.4 Å². The highest BCUT2D eigenvalue weighted by Crippen LogP contribution is 2.15. The van der Waals surface area contributed by atoms with E-state index in [9.17, 15) is 4.79 Å². The zero-order valence-electron chi connectivity index (χ0n) is 10.3. The fourth-order valence-electron chi connectivity index (χ4n) is 1.50. The molecule has 5 heteroatoms. The van der Waals surface area contributed by atoms with Gasteiger partial charge in [0.25, 0.3) is 5.91 Å². The van der Waals surface area contributed by atoms with E-state index in [1.54, 1.807) is 31.4 Å². The Balaban J connectivity index is 2.13. The molecule has 94 valence electrons. The second kappa shape index (κ2) is 5.65. The van der Waals surface area contributed by atoms with Crippen LogP contribution in [0.15, 0.2) is 42.7 Å². The van der Waals surface area contributed by atoms with Gasteiger partial charge in [-0.3, -0.25) is 9.78 Å². The van der Waals surface area contributed by atoms with Crippen molar-refractivity contribution in [1.82, 2.24) is 4.98 Å². The number of nitrogens with zero attached hydrogens (tertiary/aromatic N) is 2. The third kappa shape index (κ3) is 3.07. The number of hydrogen-bond donors (Lipinski definition) is 1. The van der Waals surface area contributed by atoms with E-state index in [2.05, 4.69) is 10.3 Å². The molecule has 0 spiro atoms. The molecule has 1 amide bonds. The van der Waals surface area contributed by atoms with Gasteiger partial charge in [-0.15, -0.1) is 0 Å². The molecule has 0 saturated carbocycles. The average molecular weight is 253 g/mol. The zero-order valence-corrected chi connectivity index (χ0v) is 10.3. The van der Waals surface area contributed by atoms with Gasteiger partial charge in [0, 0.05) is 18.1 Å². The molecule has 0 unspecified atom stereocenters. The Labute approximate surface area is 110 Å². The maximum Gasteiger partial charge on any atom is 0.257 e. The van der Waals surface area contributed by atoms with Crippen LogP contribution in [-0.2, 0) is 0 Å². The molecule has 0 aliphatic heterocycles. The summed E-state index contributed by atoms with van der Waals surface area (Å²) in [6.07, 6.45) is 2.82.